The van der Waals surface area contributed by atoms with Gasteiger partial charge in [0.05, 0.1) is 6.04 Å². The molecule has 0 aliphatic rings. The van der Waals surface area contributed by atoms with Gasteiger partial charge in [-0.2, -0.15) is 5.10 Å². The van der Waals surface area contributed by atoms with E-state index in [-0.39, 0.29) is 17.7 Å². The maximum Gasteiger partial charge on any atom is 0.226 e. The van der Waals surface area contributed by atoms with Gasteiger partial charge in [-0.25, -0.2) is 9.67 Å². The number of carbonyl (C=O) groups excluding carboxylic acids is 2. The molecule has 0 radical (unpaired) electrons. The second-order valence-corrected chi connectivity index (χ2v) is 5.39. The van der Waals surface area contributed by atoms with Gasteiger partial charge in [-0.15, -0.1) is 0 Å². The predicted molar refractivity (Wildman–Crippen MR) is 83.9 cm³/mol. The highest BCUT2D eigenvalue weighted by molar-refractivity contribution is 5.95. The van der Waals surface area contributed by atoms with Crippen molar-refractivity contribution in [3.63, 3.8) is 0 Å². The van der Waals surface area contributed by atoms with E-state index in [1.54, 1.807) is 28.9 Å². The van der Waals surface area contributed by atoms with Gasteiger partial charge < -0.3 is 5.32 Å². The fourth-order valence-corrected chi connectivity index (χ4v) is 2.31. The lowest BCUT2D eigenvalue weighted by atomic mass is 10.1. The first-order valence-corrected chi connectivity index (χ1v) is 7.17. The van der Waals surface area contributed by atoms with Crippen LogP contribution in [0.15, 0.2) is 24.3 Å². The lowest BCUT2D eigenvalue weighted by molar-refractivity contribution is -0.116. The van der Waals surface area contributed by atoms with E-state index in [1.807, 2.05) is 20.8 Å². The normalized spacial score (nSPS) is 12.0. The molecule has 2 rings (SSSR count). The van der Waals surface area contributed by atoms with Crippen molar-refractivity contribution in [2.45, 2.75) is 40.2 Å². The van der Waals surface area contributed by atoms with E-state index in [9.17, 15) is 9.59 Å². The van der Waals surface area contributed by atoms with E-state index in [0.717, 1.165) is 5.82 Å². The van der Waals surface area contributed by atoms with Crippen LogP contribution in [0.5, 0.6) is 0 Å². The third kappa shape index (κ3) is 3.78. The molecule has 0 unspecified atom stereocenters. The summed E-state index contributed by atoms with van der Waals surface area (Å²) in [6.07, 6.45) is 0.304. The molecular weight excluding hydrogens is 280 g/mol. The summed E-state index contributed by atoms with van der Waals surface area (Å²) in [7, 11) is 0. The zero-order valence-electron chi connectivity index (χ0n) is 13.3. The maximum absolute atomic E-state index is 12.1. The van der Waals surface area contributed by atoms with Crippen LogP contribution in [-0.2, 0) is 4.79 Å². The molecule has 6 heteroatoms. The van der Waals surface area contributed by atoms with Gasteiger partial charge in [0.15, 0.2) is 5.78 Å². The Hall–Kier alpha value is -2.50. The molecule has 0 bridgehead atoms. The zero-order valence-corrected chi connectivity index (χ0v) is 13.3. The molecule has 0 fully saturated rings. The molecule has 116 valence electrons. The number of benzene rings is 1. The minimum atomic E-state index is -0.101. The SMILES string of the molecule is CC(=O)c1ccc(NC(=O)C[C@@H](C)n2nc(C)nc2C)cc1. The van der Waals surface area contributed by atoms with Crippen LogP contribution in [-0.4, -0.2) is 26.5 Å². The summed E-state index contributed by atoms with van der Waals surface area (Å²) in [4.78, 5) is 27.5. The maximum atomic E-state index is 12.1. The van der Waals surface area contributed by atoms with Crippen LogP contribution in [0.2, 0.25) is 0 Å². The minimum absolute atomic E-state index is 0.00326. The van der Waals surface area contributed by atoms with Gasteiger partial charge in [0.2, 0.25) is 5.91 Å². The fourth-order valence-electron chi connectivity index (χ4n) is 2.31. The molecule has 0 saturated carbocycles. The van der Waals surface area contributed by atoms with Crippen molar-refractivity contribution >= 4 is 17.4 Å². The monoisotopic (exact) mass is 300 g/mol. The molecule has 6 nitrogen and oxygen atoms in total. The van der Waals surface area contributed by atoms with Crippen LogP contribution in [0, 0.1) is 13.8 Å². The van der Waals surface area contributed by atoms with Gasteiger partial charge in [-0.1, -0.05) is 0 Å². The quantitative estimate of drug-likeness (QED) is 0.861. The van der Waals surface area contributed by atoms with Gasteiger partial charge in [0, 0.05) is 17.7 Å². The van der Waals surface area contributed by atoms with Gasteiger partial charge in [-0.3, -0.25) is 9.59 Å². The Balaban J connectivity index is 1.97. The molecule has 1 N–H and O–H groups in total. The number of rotatable bonds is 5. The molecule has 22 heavy (non-hydrogen) atoms. The third-order valence-electron chi connectivity index (χ3n) is 3.38. The first-order chi connectivity index (χ1) is 10.4. The fraction of sp³-hybridized carbons (Fsp3) is 0.375. The molecule has 1 aromatic heterocycles. The van der Waals surface area contributed by atoms with Crippen molar-refractivity contribution in [3.05, 3.63) is 41.5 Å². The summed E-state index contributed by atoms with van der Waals surface area (Å²) in [6.45, 7) is 7.14. The molecule has 2 aromatic rings. The predicted octanol–water partition coefficient (Wildman–Crippen LogP) is 2.69. The number of amides is 1. The van der Waals surface area contributed by atoms with Crippen LogP contribution in [0.3, 0.4) is 0 Å². The van der Waals surface area contributed by atoms with E-state index in [2.05, 4.69) is 15.4 Å². The van der Waals surface area contributed by atoms with Crippen LogP contribution in [0.4, 0.5) is 5.69 Å². The number of anilines is 1. The largest absolute Gasteiger partial charge is 0.326 e. The molecular formula is C16H20N4O2. The lowest BCUT2D eigenvalue weighted by Crippen LogP contribution is -2.19. The summed E-state index contributed by atoms with van der Waals surface area (Å²) < 4.78 is 1.76. The smallest absolute Gasteiger partial charge is 0.226 e. The van der Waals surface area contributed by atoms with Crippen LogP contribution in [0.25, 0.3) is 0 Å². The number of hydrogen-bond donors (Lipinski definition) is 1. The third-order valence-corrected chi connectivity index (χ3v) is 3.38. The van der Waals surface area contributed by atoms with Crippen LogP contribution >= 0.6 is 0 Å². The average molecular weight is 300 g/mol. The number of Topliss-reactive ketones (excluding diaryl/α,β-unsaturated/α-hetero) is 1. The number of nitrogens with one attached hydrogen (secondary N) is 1. The Bertz CT molecular complexity index is 689. The summed E-state index contributed by atoms with van der Waals surface area (Å²) >= 11 is 0. The summed E-state index contributed by atoms with van der Waals surface area (Å²) in [5, 5.41) is 7.11. The molecule has 1 amide bonds. The first kappa shape index (κ1) is 15.9. The van der Waals surface area contributed by atoms with Crippen LogP contribution in [0.1, 0.15) is 48.3 Å². The summed E-state index contributed by atoms with van der Waals surface area (Å²) in [6, 6.07) is 6.78. The number of aromatic nitrogens is 3. The number of aryl methyl sites for hydroxylation is 2. The molecule has 0 spiro atoms. The highest BCUT2D eigenvalue weighted by atomic mass is 16.1. The Morgan fingerprint density at radius 1 is 1.23 bits per heavy atom. The molecule has 0 aliphatic heterocycles. The highest BCUT2D eigenvalue weighted by Crippen LogP contribution is 2.15. The van der Waals surface area contributed by atoms with E-state index < -0.39 is 0 Å². The summed E-state index contributed by atoms with van der Waals surface area (Å²) in [5.74, 6) is 1.40. The van der Waals surface area contributed by atoms with E-state index in [0.29, 0.717) is 23.5 Å². The Kier molecular flexibility index (Phi) is 4.70. The highest BCUT2D eigenvalue weighted by Gasteiger charge is 2.15. The second-order valence-electron chi connectivity index (χ2n) is 5.39. The van der Waals surface area contributed by atoms with Gasteiger partial charge in [0.1, 0.15) is 11.6 Å². The van der Waals surface area contributed by atoms with Gasteiger partial charge in [-0.05, 0) is 52.0 Å². The summed E-state index contributed by atoms with van der Waals surface area (Å²) in [5.41, 5.74) is 1.30. The van der Waals surface area contributed by atoms with Crippen molar-refractivity contribution in [2.75, 3.05) is 5.32 Å². The van der Waals surface area contributed by atoms with Crippen molar-refractivity contribution in [2.24, 2.45) is 0 Å². The molecule has 1 aromatic carbocycles. The molecule has 0 saturated heterocycles. The van der Waals surface area contributed by atoms with E-state index in [4.69, 9.17) is 0 Å². The lowest BCUT2D eigenvalue weighted by Gasteiger charge is -2.13. The molecule has 1 atom stereocenters. The average Bonchev–Trinajstić information content (AvgIpc) is 2.78. The zero-order chi connectivity index (χ0) is 16.3. The van der Waals surface area contributed by atoms with E-state index in [1.165, 1.54) is 6.92 Å². The van der Waals surface area contributed by atoms with Gasteiger partial charge >= 0.3 is 0 Å². The first-order valence-electron chi connectivity index (χ1n) is 7.17. The van der Waals surface area contributed by atoms with Crippen molar-refractivity contribution in [3.8, 4) is 0 Å². The van der Waals surface area contributed by atoms with Crippen LogP contribution < -0.4 is 5.32 Å². The van der Waals surface area contributed by atoms with Crippen molar-refractivity contribution < 1.29 is 9.59 Å². The second kappa shape index (κ2) is 6.51. The van der Waals surface area contributed by atoms with Gasteiger partial charge in [0.25, 0.3) is 0 Å². The number of carbonyl (C=O) groups is 2. The molecule has 0 aliphatic carbocycles. The Morgan fingerprint density at radius 3 is 2.36 bits per heavy atom. The number of nitrogens with zero attached hydrogens (tertiary/aromatic N) is 3. The molecule has 1 heterocycles. The minimum Gasteiger partial charge on any atom is -0.326 e. The van der Waals surface area contributed by atoms with E-state index >= 15 is 0 Å². The Morgan fingerprint density at radius 2 is 1.86 bits per heavy atom. The van der Waals surface area contributed by atoms with Crippen molar-refractivity contribution in [1.82, 2.24) is 14.8 Å². The number of ketones is 1. The topological polar surface area (TPSA) is 76.9 Å². The van der Waals surface area contributed by atoms with Crippen molar-refractivity contribution in [1.29, 1.82) is 0 Å². The Labute approximate surface area is 129 Å². The standard InChI is InChI=1S/C16H20N4O2/c1-10(20-13(4)17-12(3)19-20)9-16(22)18-15-7-5-14(6-8-15)11(2)21/h5-8,10H,9H2,1-4H3,(H,18,22)/t10-/m1/s1. The number of hydrogen-bond acceptors (Lipinski definition) is 4.